The zero-order valence-corrected chi connectivity index (χ0v) is 12.0. The Balaban J connectivity index is 2.59. The minimum absolute atomic E-state index is 0.0172. The molecule has 2 N–H and O–H groups in total. The third kappa shape index (κ3) is 5.33. The van der Waals surface area contributed by atoms with Crippen LogP contribution in [0.1, 0.15) is 19.4 Å². The fraction of sp³-hybridized carbons (Fsp3) is 0.429. The Morgan fingerprint density at radius 3 is 2.74 bits per heavy atom. The van der Waals surface area contributed by atoms with Gasteiger partial charge in [0.15, 0.2) is 9.84 Å². The van der Waals surface area contributed by atoms with Gasteiger partial charge in [0.05, 0.1) is 17.5 Å². The molecular formula is C14H19NO3S. The second-order valence-electron chi connectivity index (χ2n) is 4.30. The van der Waals surface area contributed by atoms with Gasteiger partial charge in [0.1, 0.15) is 12.4 Å². The van der Waals surface area contributed by atoms with Crippen LogP contribution in [0.4, 0.5) is 0 Å². The number of sulfone groups is 1. The fourth-order valence-corrected chi connectivity index (χ4v) is 2.12. The molecule has 0 fully saturated rings. The summed E-state index contributed by atoms with van der Waals surface area (Å²) in [4.78, 5) is 0. The summed E-state index contributed by atoms with van der Waals surface area (Å²) in [6.45, 7) is 3.78. The first-order valence-electron chi connectivity index (χ1n) is 6.09. The quantitative estimate of drug-likeness (QED) is 0.823. The molecule has 4 nitrogen and oxygen atoms in total. The van der Waals surface area contributed by atoms with Gasteiger partial charge in [0.25, 0.3) is 0 Å². The Hall–Kier alpha value is -1.51. The normalized spacial score (nSPS) is 10.9. The van der Waals surface area contributed by atoms with Crippen molar-refractivity contribution in [3.8, 4) is 17.6 Å². The van der Waals surface area contributed by atoms with Crippen molar-refractivity contribution in [2.24, 2.45) is 5.73 Å². The fourth-order valence-electron chi connectivity index (χ4n) is 1.33. The number of ether oxygens (including phenoxy) is 1. The predicted molar refractivity (Wildman–Crippen MR) is 76.8 cm³/mol. The van der Waals surface area contributed by atoms with E-state index in [4.69, 9.17) is 10.5 Å². The van der Waals surface area contributed by atoms with Gasteiger partial charge in [-0.05, 0) is 32.0 Å². The predicted octanol–water partition coefficient (Wildman–Crippen LogP) is 1.20. The molecule has 0 amide bonds. The molecule has 0 bridgehead atoms. The zero-order chi connectivity index (χ0) is 14.3. The highest BCUT2D eigenvalue weighted by atomic mass is 32.2. The van der Waals surface area contributed by atoms with Crippen molar-refractivity contribution in [1.29, 1.82) is 0 Å². The maximum atomic E-state index is 11.6. The summed E-state index contributed by atoms with van der Waals surface area (Å²) >= 11 is 0. The van der Waals surface area contributed by atoms with Gasteiger partial charge in [-0.25, -0.2) is 8.42 Å². The second-order valence-corrected chi connectivity index (χ2v) is 6.97. The molecule has 0 aliphatic heterocycles. The number of hydrogen-bond donors (Lipinski definition) is 1. The molecule has 19 heavy (non-hydrogen) atoms. The lowest BCUT2D eigenvalue weighted by molar-refractivity contribution is 0.340. The average molecular weight is 281 g/mol. The Morgan fingerprint density at radius 2 is 2.11 bits per heavy atom. The molecule has 0 unspecified atom stereocenters. The van der Waals surface area contributed by atoms with Gasteiger partial charge in [0.2, 0.25) is 0 Å². The van der Waals surface area contributed by atoms with Crippen LogP contribution in [0.2, 0.25) is 0 Å². The molecular weight excluding hydrogens is 262 g/mol. The van der Waals surface area contributed by atoms with Crippen molar-refractivity contribution in [3.63, 3.8) is 0 Å². The van der Waals surface area contributed by atoms with E-state index in [9.17, 15) is 8.42 Å². The lowest BCUT2D eigenvalue weighted by Gasteiger charge is -2.09. The number of benzene rings is 1. The van der Waals surface area contributed by atoms with E-state index in [1.165, 1.54) is 0 Å². The summed E-state index contributed by atoms with van der Waals surface area (Å²) in [5.74, 6) is 6.28. The van der Waals surface area contributed by atoms with Crippen molar-refractivity contribution in [1.82, 2.24) is 0 Å². The summed E-state index contributed by atoms with van der Waals surface area (Å²) in [6, 6.07) is 7.20. The number of hydrogen-bond acceptors (Lipinski definition) is 4. The summed E-state index contributed by atoms with van der Waals surface area (Å²) in [6.07, 6.45) is 0. The zero-order valence-electron chi connectivity index (χ0n) is 11.2. The van der Waals surface area contributed by atoms with E-state index < -0.39 is 9.84 Å². The number of nitrogens with two attached hydrogens (primary N) is 1. The third-order valence-electron chi connectivity index (χ3n) is 2.52. The smallest absolute Gasteiger partial charge is 0.155 e. The SMILES string of the molecule is CC(C)S(=O)(=O)CCOc1cccc(C#CCN)c1. The van der Waals surface area contributed by atoms with Crippen LogP contribution in [-0.4, -0.2) is 32.6 Å². The Labute approximate surface area is 114 Å². The van der Waals surface area contributed by atoms with Crippen molar-refractivity contribution in [3.05, 3.63) is 29.8 Å². The molecule has 0 aliphatic carbocycles. The highest BCUT2D eigenvalue weighted by Crippen LogP contribution is 2.13. The molecule has 104 valence electrons. The maximum Gasteiger partial charge on any atom is 0.155 e. The maximum absolute atomic E-state index is 11.6. The van der Waals surface area contributed by atoms with Crippen LogP contribution in [0, 0.1) is 11.8 Å². The highest BCUT2D eigenvalue weighted by Gasteiger charge is 2.15. The van der Waals surface area contributed by atoms with Gasteiger partial charge in [-0.1, -0.05) is 17.9 Å². The third-order valence-corrected chi connectivity index (χ3v) is 4.70. The topological polar surface area (TPSA) is 69.4 Å². The van der Waals surface area contributed by atoms with Gasteiger partial charge in [-0.3, -0.25) is 0 Å². The van der Waals surface area contributed by atoms with Crippen LogP contribution in [0.5, 0.6) is 5.75 Å². The Morgan fingerprint density at radius 1 is 1.37 bits per heavy atom. The first kappa shape index (κ1) is 15.5. The van der Waals surface area contributed by atoms with E-state index in [0.717, 1.165) is 5.56 Å². The summed E-state index contributed by atoms with van der Waals surface area (Å²) < 4.78 is 28.7. The molecule has 0 spiro atoms. The molecule has 0 heterocycles. The summed E-state index contributed by atoms with van der Waals surface area (Å²) in [5.41, 5.74) is 6.10. The molecule has 1 rings (SSSR count). The van der Waals surface area contributed by atoms with Gasteiger partial charge >= 0.3 is 0 Å². The summed E-state index contributed by atoms with van der Waals surface area (Å²) in [5, 5.41) is -0.377. The van der Waals surface area contributed by atoms with Crippen molar-refractivity contribution >= 4 is 9.84 Å². The van der Waals surface area contributed by atoms with Crippen LogP contribution < -0.4 is 10.5 Å². The van der Waals surface area contributed by atoms with Crippen molar-refractivity contribution < 1.29 is 13.2 Å². The molecule has 0 aliphatic rings. The molecule has 0 radical (unpaired) electrons. The lowest BCUT2D eigenvalue weighted by Crippen LogP contribution is -2.22. The Kier molecular flexibility index (Phi) is 5.87. The van der Waals surface area contributed by atoms with Gasteiger partial charge in [-0.15, -0.1) is 0 Å². The summed E-state index contributed by atoms with van der Waals surface area (Å²) in [7, 11) is -3.06. The van der Waals surface area contributed by atoms with E-state index in [-0.39, 0.29) is 17.6 Å². The highest BCUT2D eigenvalue weighted by molar-refractivity contribution is 7.91. The average Bonchev–Trinajstić information content (AvgIpc) is 2.36. The van der Waals surface area contributed by atoms with Crippen LogP contribution >= 0.6 is 0 Å². The van der Waals surface area contributed by atoms with Crippen molar-refractivity contribution in [2.45, 2.75) is 19.1 Å². The molecule has 0 atom stereocenters. The molecule has 0 saturated heterocycles. The molecule has 0 saturated carbocycles. The largest absolute Gasteiger partial charge is 0.492 e. The minimum Gasteiger partial charge on any atom is -0.492 e. The van der Waals surface area contributed by atoms with Gasteiger partial charge in [0, 0.05) is 5.56 Å². The van der Waals surface area contributed by atoms with Crippen LogP contribution in [0.15, 0.2) is 24.3 Å². The van der Waals surface area contributed by atoms with E-state index in [1.54, 1.807) is 26.0 Å². The van der Waals surface area contributed by atoms with Gasteiger partial charge in [-0.2, -0.15) is 0 Å². The van der Waals surface area contributed by atoms with Gasteiger partial charge < -0.3 is 10.5 Å². The van der Waals surface area contributed by atoms with Crippen LogP contribution in [-0.2, 0) is 9.84 Å². The standard InChI is InChI=1S/C14H19NO3S/c1-12(2)19(16,17)10-9-18-14-7-3-5-13(11-14)6-4-8-15/h3,5,7,11-12H,8-10,15H2,1-2H3. The molecule has 1 aromatic carbocycles. The number of rotatable bonds is 5. The van der Waals surface area contributed by atoms with E-state index in [0.29, 0.717) is 12.3 Å². The van der Waals surface area contributed by atoms with Crippen LogP contribution in [0.3, 0.4) is 0 Å². The minimum atomic E-state index is -3.06. The van der Waals surface area contributed by atoms with E-state index in [1.807, 2.05) is 12.1 Å². The first-order valence-corrected chi connectivity index (χ1v) is 7.80. The second kappa shape index (κ2) is 7.17. The molecule has 5 heteroatoms. The monoisotopic (exact) mass is 281 g/mol. The molecule has 0 aromatic heterocycles. The van der Waals surface area contributed by atoms with Crippen LogP contribution in [0.25, 0.3) is 0 Å². The molecule has 1 aromatic rings. The first-order chi connectivity index (χ1) is 8.95. The van der Waals surface area contributed by atoms with E-state index >= 15 is 0 Å². The lowest BCUT2D eigenvalue weighted by atomic mass is 10.2. The Bertz CT molecular complexity index is 568. The van der Waals surface area contributed by atoms with E-state index in [2.05, 4.69) is 11.8 Å². The van der Waals surface area contributed by atoms with Crippen molar-refractivity contribution in [2.75, 3.05) is 18.9 Å².